The molecule has 0 atom stereocenters. The molecule has 0 saturated carbocycles. The van der Waals surface area contributed by atoms with Gasteiger partial charge < -0.3 is 15.0 Å². The molecular formula is C13H16BrClN2O3. The lowest BCUT2D eigenvalue weighted by Crippen LogP contribution is -2.39. The number of nitrogens with zero attached hydrogens (tertiary/aromatic N) is 1. The summed E-state index contributed by atoms with van der Waals surface area (Å²) in [7, 11) is 3.12. The minimum Gasteiger partial charge on any atom is -0.383 e. The summed E-state index contributed by atoms with van der Waals surface area (Å²) in [6.07, 6.45) is 0. The van der Waals surface area contributed by atoms with Gasteiger partial charge in [0.15, 0.2) is 0 Å². The molecule has 20 heavy (non-hydrogen) atoms. The number of ether oxygens (including phenoxy) is 1. The van der Waals surface area contributed by atoms with E-state index in [-0.39, 0.29) is 18.4 Å². The number of carbonyl (C=O) groups is 2. The van der Waals surface area contributed by atoms with Gasteiger partial charge in [-0.25, -0.2) is 0 Å². The van der Waals surface area contributed by atoms with Crippen molar-refractivity contribution in [2.45, 2.75) is 0 Å². The van der Waals surface area contributed by atoms with Gasteiger partial charge in [-0.2, -0.15) is 0 Å². The number of hydrogen-bond donors (Lipinski definition) is 1. The maximum absolute atomic E-state index is 12.2. The Kier molecular flexibility index (Phi) is 6.98. The summed E-state index contributed by atoms with van der Waals surface area (Å²) in [6, 6.07) is 4.89. The zero-order valence-electron chi connectivity index (χ0n) is 11.3. The van der Waals surface area contributed by atoms with E-state index in [9.17, 15) is 9.59 Å². The van der Waals surface area contributed by atoms with Crippen LogP contribution in [0, 0.1) is 0 Å². The number of hydrogen-bond acceptors (Lipinski definition) is 3. The molecule has 7 heteroatoms. The highest BCUT2D eigenvalue weighted by Crippen LogP contribution is 2.22. The lowest BCUT2D eigenvalue weighted by molar-refractivity contribution is -0.121. The Balaban J connectivity index is 2.60. The molecule has 0 aromatic heterocycles. The lowest BCUT2D eigenvalue weighted by atomic mass is 10.2. The summed E-state index contributed by atoms with van der Waals surface area (Å²) < 4.78 is 5.43. The fourth-order valence-electron chi connectivity index (χ4n) is 1.50. The largest absolute Gasteiger partial charge is 0.383 e. The van der Waals surface area contributed by atoms with Crippen molar-refractivity contribution in [3.8, 4) is 0 Å². The molecule has 5 nitrogen and oxygen atoms in total. The van der Waals surface area contributed by atoms with Crippen molar-refractivity contribution in [1.82, 2.24) is 10.2 Å². The monoisotopic (exact) mass is 362 g/mol. The van der Waals surface area contributed by atoms with Gasteiger partial charge in [0, 0.05) is 30.2 Å². The first-order valence-electron chi connectivity index (χ1n) is 5.92. The Bertz CT molecular complexity index is 497. The molecule has 0 spiro atoms. The van der Waals surface area contributed by atoms with Crippen LogP contribution in [0.4, 0.5) is 0 Å². The number of amides is 2. The third-order valence-electron chi connectivity index (χ3n) is 2.52. The first-order chi connectivity index (χ1) is 9.45. The molecule has 0 unspecified atom stereocenters. The maximum Gasteiger partial charge on any atom is 0.255 e. The predicted octanol–water partition coefficient (Wildman–Crippen LogP) is 1.94. The van der Waals surface area contributed by atoms with Crippen LogP contribution in [-0.4, -0.2) is 50.6 Å². The standard InChI is InChI=1S/C13H16BrClN2O3/c1-17(8-12(18)16-5-6-20-2)13(19)10-4-3-9(15)7-11(10)14/h3-4,7H,5-6,8H2,1-2H3,(H,16,18). The van der Waals surface area contributed by atoms with E-state index in [0.29, 0.717) is 28.2 Å². The van der Waals surface area contributed by atoms with Crippen LogP contribution in [-0.2, 0) is 9.53 Å². The molecule has 110 valence electrons. The molecule has 1 aromatic rings. The molecule has 1 aromatic carbocycles. The van der Waals surface area contributed by atoms with Crippen molar-refractivity contribution in [3.63, 3.8) is 0 Å². The van der Waals surface area contributed by atoms with Crippen molar-refractivity contribution in [2.24, 2.45) is 0 Å². The molecule has 0 fully saturated rings. The summed E-state index contributed by atoms with van der Waals surface area (Å²) in [5.74, 6) is -0.488. The van der Waals surface area contributed by atoms with E-state index in [1.165, 1.54) is 4.90 Å². The van der Waals surface area contributed by atoms with Crippen LogP contribution in [0.15, 0.2) is 22.7 Å². The smallest absolute Gasteiger partial charge is 0.255 e. The number of benzene rings is 1. The molecule has 0 bridgehead atoms. The van der Waals surface area contributed by atoms with Gasteiger partial charge >= 0.3 is 0 Å². The number of halogens is 2. The Morgan fingerprint density at radius 1 is 1.45 bits per heavy atom. The van der Waals surface area contributed by atoms with Crippen LogP contribution >= 0.6 is 27.5 Å². The summed E-state index contributed by atoms with van der Waals surface area (Å²) >= 11 is 9.11. The van der Waals surface area contributed by atoms with E-state index in [4.69, 9.17) is 16.3 Å². The van der Waals surface area contributed by atoms with E-state index in [1.807, 2.05) is 0 Å². The van der Waals surface area contributed by atoms with Crippen LogP contribution in [0.5, 0.6) is 0 Å². The Morgan fingerprint density at radius 3 is 2.75 bits per heavy atom. The zero-order valence-corrected chi connectivity index (χ0v) is 13.6. The van der Waals surface area contributed by atoms with Gasteiger partial charge in [-0.3, -0.25) is 9.59 Å². The van der Waals surface area contributed by atoms with E-state index in [2.05, 4.69) is 21.2 Å². The molecule has 1 N–H and O–H groups in total. The quantitative estimate of drug-likeness (QED) is 0.786. The second-order valence-electron chi connectivity index (χ2n) is 4.13. The Hall–Kier alpha value is -1.11. The molecular weight excluding hydrogens is 348 g/mol. The SMILES string of the molecule is COCCNC(=O)CN(C)C(=O)c1ccc(Cl)cc1Br. The summed E-state index contributed by atoms with van der Waals surface area (Å²) in [4.78, 5) is 25.1. The van der Waals surface area contributed by atoms with Gasteiger partial charge in [-0.15, -0.1) is 0 Å². The van der Waals surface area contributed by atoms with Crippen LogP contribution in [0.3, 0.4) is 0 Å². The van der Waals surface area contributed by atoms with Crippen LogP contribution in [0.25, 0.3) is 0 Å². The van der Waals surface area contributed by atoms with Gasteiger partial charge in [0.2, 0.25) is 5.91 Å². The Morgan fingerprint density at radius 2 is 2.15 bits per heavy atom. The molecule has 0 aliphatic carbocycles. The highest BCUT2D eigenvalue weighted by atomic mass is 79.9. The maximum atomic E-state index is 12.2. The van der Waals surface area contributed by atoms with Crippen molar-refractivity contribution in [1.29, 1.82) is 0 Å². The number of likely N-dealkylation sites (N-methyl/N-ethyl adjacent to an activating group) is 1. The fraction of sp³-hybridized carbons (Fsp3) is 0.385. The first-order valence-corrected chi connectivity index (χ1v) is 7.09. The van der Waals surface area contributed by atoms with Gasteiger partial charge in [-0.05, 0) is 34.1 Å². The Labute approximate surface area is 131 Å². The van der Waals surface area contributed by atoms with Crippen molar-refractivity contribution >= 4 is 39.3 Å². The average Bonchev–Trinajstić information content (AvgIpc) is 2.38. The van der Waals surface area contributed by atoms with Crippen molar-refractivity contribution < 1.29 is 14.3 Å². The first kappa shape index (κ1) is 16.9. The molecule has 0 radical (unpaired) electrons. The van der Waals surface area contributed by atoms with Crippen molar-refractivity contribution in [3.05, 3.63) is 33.3 Å². The van der Waals surface area contributed by atoms with E-state index >= 15 is 0 Å². The number of methoxy groups -OCH3 is 1. The highest BCUT2D eigenvalue weighted by Gasteiger charge is 2.17. The zero-order chi connectivity index (χ0) is 15.1. The fourth-order valence-corrected chi connectivity index (χ4v) is 2.36. The molecule has 0 aliphatic heterocycles. The van der Waals surface area contributed by atoms with Crippen LogP contribution in [0.2, 0.25) is 5.02 Å². The summed E-state index contributed by atoms with van der Waals surface area (Å²) in [5.41, 5.74) is 0.460. The number of nitrogens with one attached hydrogen (secondary N) is 1. The predicted molar refractivity (Wildman–Crippen MR) is 81.0 cm³/mol. The highest BCUT2D eigenvalue weighted by molar-refractivity contribution is 9.10. The molecule has 1 rings (SSSR count). The number of rotatable bonds is 6. The number of carbonyl (C=O) groups excluding carboxylic acids is 2. The second kappa shape index (κ2) is 8.24. The summed E-state index contributed by atoms with van der Waals surface area (Å²) in [5, 5.41) is 3.19. The molecule has 2 amide bonds. The van der Waals surface area contributed by atoms with Gasteiger partial charge in [0.1, 0.15) is 0 Å². The van der Waals surface area contributed by atoms with E-state index < -0.39 is 0 Å². The van der Waals surface area contributed by atoms with E-state index in [0.717, 1.165) is 0 Å². The van der Waals surface area contributed by atoms with E-state index in [1.54, 1.807) is 32.4 Å². The molecule has 0 aliphatic rings. The third kappa shape index (κ3) is 5.11. The molecule has 0 heterocycles. The minimum absolute atomic E-state index is 0.0163. The summed E-state index contributed by atoms with van der Waals surface area (Å²) in [6.45, 7) is 0.839. The van der Waals surface area contributed by atoms with Crippen molar-refractivity contribution in [2.75, 3.05) is 33.9 Å². The third-order valence-corrected chi connectivity index (χ3v) is 3.41. The van der Waals surface area contributed by atoms with Crippen LogP contribution in [0.1, 0.15) is 10.4 Å². The van der Waals surface area contributed by atoms with Gasteiger partial charge in [-0.1, -0.05) is 11.6 Å². The normalized spacial score (nSPS) is 10.2. The lowest BCUT2D eigenvalue weighted by Gasteiger charge is -2.17. The van der Waals surface area contributed by atoms with Gasteiger partial charge in [0.25, 0.3) is 5.91 Å². The second-order valence-corrected chi connectivity index (χ2v) is 5.42. The average molecular weight is 364 g/mol. The van der Waals surface area contributed by atoms with Crippen LogP contribution < -0.4 is 5.32 Å². The molecule has 0 saturated heterocycles. The minimum atomic E-state index is -0.254. The topological polar surface area (TPSA) is 58.6 Å². The van der Waals surface area contributed by atoms with Gasteiger partial charge in [0.05, 0.1) is 18.7 Å².